The number of hydrogen-bond donors (Lipinski definition) is 1. The summed E-state index contributed by atoms with van der Waals surface area (Å²) in [4.78, 5) is 24.4. The Bertz CT molecular complexity index is 1190. The summed E-state index contributed by atoms with van der Waals surface area (Å²) in [6, 6.07) is 17.3. The maximum Gasteiger partial charge on any atom is 0.343 e. The number of methoxy groups -OCH3 is 2. The summed E-state index contributed by atoms with van der Waals surface area (Å²) in [6.07, 6.45) is 1.45. The van der Waals surface area contributed by atoms with E-state index in [-0.39, 0.29) is 12.4 Å². The van der Waals surface area contributed by atoms with E-state index in [2.05, 4.69) is 10.5 Å². The molecular formula is C26H26N2O6. The highest BCUT2D eigenvalue weighted by Crippen LogP contribution is 2.28. The zero-order chi connectivity index (χ0) is 24.5. The number of carbonyl (C=O) groups excluding carboxylic acids is 2. The smallest absolute Gasteiger partial charge is 0.343 e. The van der Waals surface area contributed by atoms with Gasteiger partial charge in [0.1, 0.15) is 11.5 Å². The average Bonchev–Trinajstić information content (AvgIpc) is 2.85. The molecule has 0 unspecified atom stereocenters. The normalized spacial score (nSPS) is 10.6. The lowest BCUT2D eigenvalue weighted by Gasteiger charge is -2.10. The second-order valence-electron chi connectivity index (χ2n) is 7.38. The summed E-state index contributed by atoms with van der Waals surface area (Å²) in [6.45, 7) is 3.71. The van der Waals surface area contributed by atoms with Crippen LogP contribution >= 0.6 is 0 Å². The van der Waals surface area contributed by atoms with E-state index in [9.17, 15) is 9.59 Å². The molecule has 0 heterocycles. The van der Waals surface area contributed by atoms with Crippen molar-refractivity contribution in [3.05, 3.63) is 82.9 Å². The van der Waals surface area contributed by atoms with Crippen LogP contribution in [0.1, 0.15) is 27.0 Å². The van der Waals surface area contributed by atoms with E-state index in [1.165, 1.54) is 13.3 Å². The molecule has 0 spiro atoms. The number of nitrogens with one attached hydrogen (secondary N) is 1. The summed E-state index contributed by atoms with van der Waals surface area (Å²) >= 11 is 0. The average molecular weight is 463 g/mol. The fourth-order valence-corrected chi connectivity index (χ4v) is 2.95. The van der Waals surface area contributed by atoms with Crippen LogP contribution in [-0.4, -0.2) is 38.9 Å². The van der Waals surface area contributed by atoms with Gasteiger partial charge in [-0.3, -0.25) is 4.79 Å². The summed E-state index contributed by atoms with van der Waals surface area (Å²) in [7, 11) is 3.02. The fourth-order valence-electron chi connectivity index (χ4n) is 2.95. The number of esters is 1. The van der Waals surface area contributed by atoms with Gasteiger partial charge in [-0.25, -0.2) is 10.2 Å². The van der Waals surface area contributed by atoms with Crippen LogP contribution in [0, 0.1) is 13.8 Å². The largest absolute Gasteiger partial charge is 0.497 e. The first-order valence-electron chi connectivity index (χ1n) is 10.5. The van der Waals surface area contributed by atoms with Crippen molar-refractivity contribution in [2.75, 3.05) is 20.8 Å². The van der Waals surface area contributed by atoms with Gasteiger partial charge in [-0.1, -0.05) is 12.1 Å². The molecule has 0 fully saturated rings. The number of amides is 1. The lowest BCUT2D eigenvalue weighted by Crippen LogP contribution is -2.24. The van der Waals surface area contributed by atoms with E-state index in [1.807, 2.05) is 32.0 Å². The Morgan fingerprint density at radius 1 is 0.882 bits per heavy atom. The third kappa shape index (κ3) is 6.59. The molecule has 0 aliphatic rings. The van der Waals surface area contributed by atoms with E-state index in [4.69, 9.17) is 18.9 Å². The molecule has 1 N–H and O–H groups in total. The molecule has 176 valence electrons. The van der Waals surface area contributed by atoms with Crippen molar-refractivity contribution in [2.45, 2.75) is 13.8 Å². The predicted molar refractivity (Wildman–Crippen MR) is 128 cm³/mol. The summed E-state index contributed by atoms with van der Waals surface area (Å²) in [5.41, 5.74) is 5.42. The predicted octanol–water partition coefficient (Wildman–Crippen LogP) is 4.07. The molecule has 0 aliphatic carbocycles. The van der Waals surface area contributed by atoms with Gasteiger partial charge >= 0.3 is 5.97 Å². The highest BCUT2D eigenvalue weighted by molar-refractivity contribution is 5.92. The zero-order valence-electron chi connectivity index (χ0n) is 19.5. The lowest BCUT2D eigenvalue weighted by atomic mass is 10.1. The molecule has 8 heteroatoms. The number of ether oxygens (including phenoxy) is 4. The molecule has 3 aromatic rings. The zero-order valence-corrected chi connectivity index (χ0v) is 19.5. The van der Waals surface area contributed by atoms with Gasteiger partial charge in [0.2, 0.25) is 0 Å². The first kappa shape index (κ1) is 24.3. The van der Waals surface area contributed by atoms with Crippen LogP contribution in [-0.2, 0) is 4.79 Å². The molecule has 1 amide bonds. The van der Waals surface area contributed by atoms with Crippen molar-refractivity contribution in [2.24, 2.45) is 5.10 Å². The molecule has 3 aromatic carbocycles. The minimum absolute atomic E-state index is 0.162. The van der Waals surface area contributed by atoms with E-state index >= 15 is 0 Å². The molecule has 0 radical (unpaired) electrons. The van der Waals surface area contributed by atoms with Crippen LogP contribution < -0.4 is 24.4 Å². The number of hydrazone groups is 1. The number of hydrogen-bond acceptors (Lipinski definition) is 7. The third-order valence-corrected chi connectivity index (χ3v) is 4.82. The van der Waals surface area contributed by atoms with E-state index in [1.54, 1.807) is 49.6 Å². The summed E-state index contributed by atoms with van der Waals surface area (Å²) < 4.78 is 21.4. The Hall–Kier alpha value is -4.33. The Labute approximate surface area is 198 Å². The molecule has 3 rings (SSSR count). The standard InChI is InChI=1S/C26H26N2O6/c1-17-5-6-18(2)23(13-17)33-16-25(29)28-27-15-19-7-12-22(24(14-19)32-4)34-26(30)20-8-10-21(31-3)11-9-20/h5-15H,16H2,1-4H3,(H,28,29)/b27-15-. The van der Waals surface area contributed by atoms with Crippen LogP contribution in [0.15, 0.2) is 65.8 Å². The van der Waals surface area contributed by atoms with Crippen LogP contribution in [0.5, 0.6) is 23.0 Å². The van der Waals surface area contributed by atoms with Crippen molar-refractivity contribution in [3.63, 3.8) is 0 Å². The van der Waals surface area contributed by atoms with Gasteiger partial charge < -0.3 is 18.9 Å². The van der Waals surface area contributed by atoms with Crippen LogP contribution in [0.25, 0.3) is 0 Å². The molecule has 0 saturated heterocycles. The minimum Gasteiger partial charge on any atom is -0.497 e. The maximum absolute atomic E-state index is 12.4. The summed E-state index contributed by atoms with van der Waals surface area (Å²) in [5.74, 6) is 0.972. The van der Waals surface area contributed by atoms with Gasteiger partial charge in [0.25, 0.3) is 5.91 Å². The fraction of sp³-hybridized carbons (Fsp3) is 0.192. The van der Waals surface area contributed by atoms with Crippen LogP contribution in [0.2, 0.25) is 0 Å². The molecule has 0 atom stereocenters. The second-order valence-corrected chi connectivity index (χ2v) is 7.38. The molecule has 8 nitrogen and oxygen atoms in total. The van der Waals surface area contributed by atoms with Gasteiger partial charge in [-0.05, 0) is 79.1 Å². The molecular weight excluding hydrogens is 436 g/mol. The van der Waals surface area contributed by atoms with Gasteiger partial charge in [0, 0.05) is 0 Å². The number of rotatable bonds is 9. The third-order valence-electron chi connectivity index (χ3n) is 4.82. The van der Waals surface area contributed by atoms with E-state index in [0.29, 0.717) is 28.4 Å². The van der Waals surface area contributed by atoms with Crippen LogP contribution in [0.4, 0.5) is 0 Å². The lowest BCUT2D eigenvalue weighted by molar-refractivity contribution is -0.123. The molecule has 0 aliphatic heterocycles. The SMILES string of the molecule is COc1ccc(C(=O)Oc2ccc(/C=N\NC(=O)COc3cc(C)ccc3C)cc2OC)cc1. The molecule has 0 bridgehead atoms. The van der Waals surface area contributed by atoms with Crippen molar-refractivity contribution in [3.8, 4) is 23.0 Å². The summed E-state index contributed by atoms with van der Waals surface area (Å²) in [5, 5.41) is 3.94. The van der Waals surface area contributed by atoms with Gasteiger partial charge in [-0.15, -0.1) is 0 Å². The van der Waals surface area contributed by atoms with Crippen molar-refractivity contribution >= 4 is 18.1 Å². The molecule has 0 aromatic heterocycles. The van der Waals surface area contributed by atoms with E-state index in [0.717, 1.165) is 11.1 Å². The van der Waals surface area contributed by atoms with E-state index < -0.39 is 11.9 Å². The number of carbonyl (C=O) groups is 2. The van der Waals surface area contributed by atoms with Crippen molar-refractivity contribution < 1.29 is 28.5 Å². The number of nitrogens with zero attached hydrogens (tertiary/aromatic N) is 1. The Morgan fingerprint density at radius 3 is 2.35 bits per heavy atom. The second kappa shape index (κ2) is 11.5. The first-order chi connectivity index (χ1) is 16.4. The van der Waals surface area contributed by atoms with Gasteiger partial charge in [0.05, 0.1) is 26.0 Å². The minimum atomic E-state index is -0.529. The highest BCUT2D eigenvalue weighted by Gasteiger charge is 2.13. The Kier molecular flexibility index (Phi) is 8.23. The Morgan fingerprint density at radius 2 is 1.65 bits per heavy atom. The Balaban J connectivity index is 1.57. The van der Waals surface area contributed by atoms with Crippen molar-refractivity contribution in [1.29, 1.82) is 0 Å². The van der Waals surface area contributed by atoms with Crippen molar-refractivity contribution in [1.82, 2.24) is 5.43 Å². The highest BCUT2D eigenvalue weighted by atomic mass is 16.6. The molecule has 0 saturated carbocycles. The monoisotopic (exact) mass is 462 g/mol. The maximum atomic E-state index is 12.4. The van der Waals surface area contributed by atoms with Gasteiger partial charge in [0.15, 0.2) is 18.1 Å². The number of aryl methyl sites for hydroxylation is 2. The van der Waals surface area contributed by atoms with Gasteiger partial charge in [-0.2, -0.15) is 5.10 Å². The first-order valence-corrected chi connectivity index (χ1v) is 10.5. The van der Waals surface area contributed by atoms with Crippen LogP contribution in [0.3, 0.4) is 0 Å². The molecule has 34 heavy (non-hydrogen) atoms. The quantitative estimate of drug-likeness (QED) is 0.223. The number of benzene rings is 3. The topological polar surface area (TPSA) is 95.5 Å².